The molecular formula is C18H37NO2. The van der Waals surface area contributed by atoms with Crippen molar-refractivity contribution in [3.63, 3.8) is 0 Å². The molecule has 0 aliphatic carbocycles. The molecule has 126 valence electrons. The van der Waals surface area contributed by atoms with Gasteiger partial charge in [-0.3, -0.25) is 0 Å². The van der Waals surface area contributed by atoms with Gasteiger partial charge in [0.1, 0.15) is 2.82 Å². The summed E-state index contributed by atoms with van der Waals surface area (Å²) in [5.74, 6) is 0. The van der Waals surface area contributed by atoms with Gasteiger partial charge in [-0.05, 0) is 12.7 Å². The summed E-state index contributed by atoms with van der Waals surface area (Å²) in [6, 6.07) is -9.34. The van der Waals surface area contributed by atoms with Gasteiger partial charge in [0.2, 0.25) is 0 Å². The molecule has 0 spiro atoms. The van der Waals surface area contributed by atoms with Crippen LogP contribution < -0.4 is 5.72 Å². The number of hydrogen-bond acceptors (Lipinski definition) is 3. The molecule has 3 heteroatoms. The van der Waals surface area contributed by atoms with Gasteiger partial charge in [-0.15, -0.1) is 0 Å². The van der Waals surface area contributed by atoms with E-state index in [2.05, 4.69) is 0 Å². The summed E-state index contributed by atoms with van der Waals surface area (Å²) in [4.78, 5) is 0. The smallest absolute Gasteiger partial charge is 0.119 e. The summed E-state index contributed by atoms with van der Waals surface area (Å²) in [6.45, 7) is -3.65. The number of allylic oxidation sites excluding steroid dienone is 1. The highest BCUT2D eigenvalue weighted by atomic mass is 16.3. The number of aliphatic hydroxyl groups is 2. The van der Waals surface area contributed by atoms with Crippen LogP contribution in [0.1, 0.15) is 123 Å². The van der Waals surface area contributed by atoms with Gasteiger partial charge >= 0.3 is 0 Å². The average Bonchev–Trinajstić information content (AvgIpc) is 2.93. The van der Waals surface area contributed by atoms with E-state index in [0.29, 0.717) is 6.92 Å². The summed E-state index contributed by atoms with van der Waals surface area (Å²) < 4.78 is 246. The predicted molar refractivity (Wildman–Crippen MR) is 91.3 cm³/mol. The van der Waals surface area contributed by atoms with Crippen molar-refractivity contribution >= 4 is 0 Å². The fraction of sp³-hybridized carbons (Fsp3) is 0.889. The first-order valence-corrected chi connectivity index (χ1v) is 5.29. The quantitative estimate of drug-likeness (QED) is 0.376. The van der Waals surface area contributed by atoms with Crippen LogP contribution in [0.25, 0.3) is 0 Å². The third-order valence-electron chi connectivity index (χ3n) is 1.35. The number of rotatable bonds is 16. The van der Waals surface area contributed by atoms with Crippen LogP contribution in [0.3, 0.4) is 0 Å². The van der Waals surface area contributed by atoms with Crippen molar-refractivity contribution < 1.29 is 52.8 Å². The van der Waals surface area contributed by atoms with Gasteiger partial charge in [0.15, 0.2) is 0 Å². The molecule has 21 heavy (non-hydrogen) atoms. The van der Waals surface area contributed by atoms with Crippen LogP contribution in [0.2, 0.25) is 2.82 Å². The van der Waals surface area contributed by atoms with E-state index in [9.17, 15) is 10.2 Å². The third-order valence-corrected chi connectivity index (χ3v) is 1.35. The zero-order valence-corrected chi connectivity index (χ0v) is 10.9. The van der Waals surface area contributed by atoms with Gasteiger partial charge < -0.3 is 15.9 Å². The monoisotopic (exact) mass is 330 g/mol. The SMILES string of the molecule is [2H]/C(=C(/[2H])[C@@]([2H])(O)[C@@]([2H])(N([2H])[2H])C([2H])([2H])O)C([2H])([2H])C([2H])([2H])C([2H])([2H])C([2H])([2H])C([2H])([2H])C([2H])([2H])C([2H])([2H])C([2H])([2H])C([2H])([2H])C([2H])([2H])C([2H])([2H])C([2H])C. The molecule has 0 bridgehead atoms. The second kappa shape index (κ2) is 16.0. The van der Waals surface area contributed by atoms with Crippen LogP contribution in [-0.2, 0) is 0 Å². The standard InChI is InChI=1S/C18H37NO2/c1-2-3-4-5-6-7-8-9-10-11-12-13-14-15-18(21)17(19)16-20/h14-15,17-18,20-21H,2-13,16,19H2,1H3/b15-14+/t17-,18+/m0/s1/i2D,3D2,4D2,5D2,6D2,7D2,8D2,9D2,10D2,11D2,12D2,13D2,14D,15D,16D2,17D,18D/hD2/t2?,17-,18+. The minimum absolute atomic E-state index is 0.693. The number of nitrogens with two attached hydrogens (primary N) is 1. The first-order valence-electron chi connectivity index (χ1n) is 20.8. The molecule has 0 aromatic heterocycles. The molecule has 0 radical (unpaired) electrons. The highest BCUT2D eigenvalue weighted by Gasteiger charge is 2.08. The first-order chi connectivity index (χ1) is 22.0. The van der Waals surface area contributed by atoms with Gasteiger partial charge in [0, 0.05) is 31.5 Å². The van der Waals surface area contributed by atoms with Crippen LogP contribution in [0, 0.1) is 0 Å². The van der Waals surface area contributed by atoms with Crippen molar-refractivity contribution in [3.05, 3.63) is 12.1 Å². The normalized spacial score (nSPS) is 50.2. The van der Waals surface area contributed by atoms with Gasteiger partial charge in [0.05, 0.1) is 26.9 Å². The summed E-state index contributed by atoms with van der Waals surface area (Å²) in [5, 5.41) is 20.1. The van der Waals surface area contributed by atoms with Crippen LogP contribution in [0.15, 0.2) is 12.1 Å². The second-order valence-corrected chi connectivity index (χ2v) is 2.74. The largest absolute Gasteiger partial charge is 0.395 e. The van der Waals surface area contributed by atoms with Crippen LogP contribution in [0.5, 0.6) is 0 Å². The molecule has 0 aliphatic rings. The van der Waals surface area contributed by atoms with Gasteiger partial charge in [-0.2, -0.15) is 0 Å². The van der Waals surface area contributed by atoms with E-state index < -0.39 is 113 Å². The maximum atomic E-state index is 10.5. The molecule has 1 unspecified atom stereocenters. The van der Waals surface area contributed by atoms with E-state index in [-0.39, 0.29) is 0 Å². The Morgan fingerprint density at radius 1 is 1.10 bits per heavy atom. The summed E-state index contributed by atoms with van der Waals surface area (Å²) in [6.07, 6.45) is -58.7. The predicted octanol–water partition coefficient (Wildman–Crippen LogP) is 3.92. The van der Waals surface area contributed by atoms with Gasteiger partial charge in [0.25, 0.3) is 0 Å². The second-order valence-electron chi connectivity index (χ2n) is 2.74. The molecule has 0 saturated heterocycles. The molecule has 0 aromatic rings. The Labute approximate surface area is 175 Å². The zero-order valence-electron chi connectivity index (χ0n) is 41.9. The Morgan fingerprint density at radius 2 is 1.62 bits per heavy atom. The van der Waals surface area contributed by atoms with E-state index in [4.69, 9.17) is 42.6 Å². The van der Waals surface area contributed by atoms with E-state index >= 15 is 0 Å². The summed E-state index contributed by atoms with van der Waals surface area (Å²) in [5.41, 5.74) is -1.21. The van der Waals surface area contributed by atoms with Gasteiger partial charge in [-0.1, -0.05) is 82.8 Å². The van der Waals surface area contributed by atoms with Crippen molar-refractivity contribution in [1.82, 2.24) is 0 Å². The molecule has 3 nitrogen and oxygen atoms in total. The van der Waals surface area contributed by atoms with Crippen LogP contribution >= 0.6 is 0 Å². The molecule has 0 heterocycles. The Balaban J connectivity index is 7.74. The zero-order chi connectivity index (χ0) is 43.3. The van der Waals surface area contributed by atoms with Crippen molar-refractivity contribution in [2.75, 3.05) is 6.56 Å². The molecule has 0 rings (SSSR count). The molecule has 0 amide bonds. The molecule has 0 aromatic carbocycles. The average molecular weight is 331 g/mol. The first kappa shape index (κ1) is 3.10. The minimum atomic E-state index is -5.04. The Hall–Kier alpha value is -0.380. The van der Waals surface area contributed by atoms with Crippen molar-refractivity contribution in [1.29, 1.82) is 0 Å². The molecule has 4 N–H and O–H groups in total. The Bertz CT molecular complexity index is 1340. The molecule has 3 atom stereocenters. The number of hydrogen-bond donors (Lipinski definition) is 3. The highest BCUT2D eigenvalue weighted by Crippen LogP contribution is 2.12. The topological polar surface area (TPSA) is 66.5 Å². The summed E-state index contributed by atoms with van der Waals surface area (Å²) >= 11 is 0. The van der Waals surface area contributed by atoms with Crippen LogP contribution in [0.4, 0.5) is 0 Å². The maximum Gasteiger partial charge on any atom is 0.119 e. The van der Waals surface area contributed by atoms with Crippen LogP contribution in [-0.4, -0.2) is 28.9 Å². The highest BCUT2D eigenvalue weighted by molar-refractivity contribution is 4.93. The third kappa shape index (κ3) is 14.3. The molecule has 0 fully saturated rings. The van der Waals surface area contributed by atoms with Crippen molar-refractivity contribution in [2.24, 2.45) is 5.72 Å². The lowest BCUT2D eigenvalue weighted by Crippen LogP contribution is -2.36. The van der Waals surface area contributed by atoms with E-state index in [1.807, 2.05) is 0 Å². The fourth-order valence-electron chi connectivity index (χ4n) is 0.592. The van der Waals surface area contributed by atoms with E-state index in [1.54, 1.807) is 0 Å². The molecule has 0 saturated carbocycles. The van der Waals surface area contributed by atoms with E-state index in [0.717, 1.165) is 0 Å². The molecule has 0 aliphatic heterocycles. The fourth-order valence-corrected chi connectivity index (χ4v) is 0.592. The minimum Gasteiger partial charge on any atom is -0.395 e. The Morgan fingerprint density at radius 3 is 2.10 bits per heavy atom. The lowest BCUT2D eigenvalue weighted by molar-refractivity contribution is 0.144. The lowest BCUT2D eigenvalue weighted by Gasteiger charge is -2.11. The van der Waals surface area contributed by atoms with Crippen molar-refractivity contribution in [2.45, 2.75) is 95.5 Å². The molecular weight excluding hydrogens is 262 g/mol. The summed E-state index contributed by atoms with van der Waals surface area (Å²) in [7, 11) is 0. The van der Waals surface area contributed by atoms with Crippen molar-refractivity contribution in [3.8, 4) is 0 Å². The lowest BCUT2D eigenvalue weighted by atomic mass is 10.0. The van der Waals surface area contributed by atoms with E-state index in [1.165, 1.54) is 0 Å². The maximum absolute atomic E-state index is 10.5. The van der Waals surface area contributed by atoms with Gasteiger partial charge in [-0.25, -0.2) is 0 Å². The Kier molecular flexibility index (Phi) is 2.36.